The van der Waals surface area contributed by atoms with Crippen molar-refractivity contribution in [2.24, 2.45) is 0 Å². The maximum absolute atomic E-state index is 5.10. The first-order chi connectivity index (χ1) is 30.8. The van der Waals surface area contributed by atoms with Gasteiger partial charge in [-0.25, -0.2) is 0 Å². The van der Waals surface area contributed by atoms with Crippen LogP contribution in [0.5, 0.6) is 0 Å². The van der Waals surface area contributed by atoms with Crippen LogP contribution in [0, 0.1) is 0 Å². The van der Waals surface area contributed by atoms with Crippen molar-refractivity contribution in [1.29, 1.82) is 0 Å². The molecule has 3 heterocycles. The second-order valence-electron chi connectivity index (χ2n) is 15.5. The summed E-state index contributed by atoms with van der Waals surface area (Å²) in [6, 6.07) is 77.6. The van der Waals surface area contributed by atoms with E-state index in [1.807, 2.05) is 0 Å². The van der Waals surface area contributed by atoms with Crippen molar-refractivity contribution in [1.82, 2.24) is 19.1 Å². The Kier molecular flexibility index (Phi) is 8.38. The molecule has 0 aliphatic heterocycles. The molecular weight excluding hydrogens is 757 g/mol. The summed E-state index contributed by atoms with van der Waals surface area (Å²) in [5.41, 5.74) is 14.6. The van der Waals surface area contributed by atoms with Gasteiger partial charge < -0.3 is 18.9 Å². The maximum atomic E-state index is 5.10. The molecule has 0 aliphatic rings. The van der Waals surface area contributed by atoms with Gasteiger partial charge in [-0.15, -0.1) is 0 Å². The summed E-state index contributed by atoms with van der Waals surface area (Å²) in [7, 11) is 0. The number of benzene rings is 9. The predicted octanol–water partition coefficient (Wildman–Crippen LogP) is 14.8. The number of hydrogen-bond acceptors (Lipinski definition) is 4. The highest BCUT2D eigenvalue weighted by atomic mass is 15.1. The first kappa shape index (κ1) is 35.5. The van der Waals surface area contributed by atoms with Crippen molar-refractivity contribution in [3.8, 4) is 11.4 Å². The van der Waals surface area contributed by atoms with Gasteiger partial charge in [-0.3, -0.25) is 9.97 Å². The highest BCUT2D eigenvalue weighted by molar-refractivity contribution is 6.14. The fourth-order valence-corrected chi connectivity index (χ4v) is 9.31. The Bertz CT molecular complexity index is 3260. The Hall–Kier alpha value is -8.48. The van der Waals surface area contributed by atoms with Crippen molar-refractivity contribution in [3.63, 3.8) is 0 Å². The van der Waals surface area contributed by atoms with Crippen molar-refractivity contribution in [2.45, 2.75) is 0 Å². The largest absolute Gasteiger partial charge is 0.310 e. The summed E-state index contributed by atoms with van der Waals surface area (Å²) in [6.45, 7) is 0. The summed E-state index contributed by atoms with van der Waals surface area (Å²) in [5.74, 6) is 0. The van der Waals surface area contributed by atoms with Gasteiger partial charge in [0.1, 0.15) is 11.0 Å². The van der Waals surface area contributed by atoms with E-state index >= 15 is 0 Å². The molecule has 12 rings (SSSR count). The number of para-hydroxylation sites is 6. The molecule has 0 atom stereocenters. The lowest BCUT2D eigenvalue weighted by atomic mass is 10.1. The second-order valence-corrected chi connectivity index (χ2v) is 15.5. The van der Waals surface area contributed by atoms with Crippen LogP contribution in [0.25, 0.3) is 66.0 Å². The Balaban J connectivity index is 1.04. The molecule has 9 aromatic carbocycles. The van der Waals surface area contributed by atoms with Crippen molar-refractivity contribution >= 4 is 88.8 Å². The standard InChI is InChI=1S/C56H38N6/c1-5-17-39(18-6-1)59(40-19-7-2-8-20-40)43-29-31-51-47(37-43)45-25-13-15-27-49(45)61(51)53-33-34-54(56-55(53)57-35-36-58-56)62-50-28-16-14-26-46(50)48-38-44(30-32-52(48)62)60(41-21-9-3-10-22-41)42-23-11-4-12-24-42/h1-38H. The molecule has 0 radical (unpaired) electrons. The van der Waals surface area contributed by atoms with E-state index in [1.165, 1.54) is 10.8 Å². The van der Waals surface area contributed by atoms with Crippen LogP contribution in [0.4, 0.5) is 34.1 Å². The third kappa shape index (κ3) is 5.73. The Morgan fingerprint density at radius 3 is 0.968 bits per heavy atom. The third-order valence-corrected chi connectivity index (χ3v) is 12.0. The molecule has 0 amide bonds. The Morgan fingerprint density at radius 2 is 0.597 bits per heavy atom. The van der Waals surface area contributed by atoms with E-state index < -0.39 is 0 Å². The number of anilines is 6. The van der Waals surface area contributed by atoms with E-state index in [0.717, 1.165) is 89.4 Å². The molecule has 0 spiro atoms. The Labute approximate surface area is 358 Å². The lowest BCUT2D eigenvalue weighted by Crippen LogP contribution is -2.09. The average molecular weight is 795 g/mol. The summed E-state index contributed by atoms with van der Waals surface area (Å²) in [4.78, 5) is 14.8. The fraction of sp³-hybridized carbons (Fsp3) is 0. The van der Waals surface area contributed by atoms with Crippen LogP contribution in [0.3, 0.4) is 0 Å². The van der Waals surface area contributed by atoms with Crippen LogP contribution in [0.1, 0.15) is 0 Å². The van der Waals surface area contributed by atoms with E-state index in [9.17, 15) is 0 Å². The molecule has 0 fully saturated rings. The van der Waals surface area contributed by atoms with Gasteiger partial charge in [0, 0.05) is 68.1 Å². The van der Waals surface area contributed by atoms with E-state index in [4.69, 9.17) is 9.97 Å². The SMILES string of the molecule is c1ccc(N(c2ccccc2)c2ccc3c(c2)c2ccccc2n3-c2ccc(-n3c4ccccc4c4cc(N(c5ccccc5)c5ccccc5)ccc43)c3nccnc23)cc1. The van der Waals surface area contributed by atoms with Crippen LogP contribution >= 0.6 is 0 Å². The predicted molar refractivity (Wildman–Crippen MR) is 258 cm³/mol. The van der Waals surface area contributed by atoms with Crippen molar-refractivity contribution in [3.05, 3.63) is 231 Å². The van der Waals surface area contributed by atoms with Gasteiger partial charge in [0.2, 0.25) is 0 Å². The molecule has 292 valence electrons. The minimum atomic E-state index is 0.828. The molecule has 0 aliphatic carbocycles. The molecule has 6 nitrogen and oxygen atoms in total. The lowest BCUT2D eigenvalue weighted by Gasteiger charge is -2.25. The van der Waals surface area contributed by atoms with Gasteiger partial charge in [0.25, 0.3) is 0 Å². The molecule has 0 bridgehead atoms. The topological polar surface area (TPSA) is 42.1 Å². The van der Waals surface area contributed by atoms with Crippen molar-refractivity contribution in [2.75, 3.05) is 9.80 Å². The zero-order chi connectivity index (χ0) is 41.0. The zero-order valence-electron chi connectivity index (χ0n) is 33.6. The number of fused-ring (bicyclic) bond motifs is 7. The molecule has 0 unspecified atom stereocenters. The van der Waals surface area contributed by atoms with Crippen LogP contribution in [-0.2, 0) is 0 Å². The zero-order valence-corrected chi connectivity index (χ0v) is 33.6. The van der Waals surface area contributed by atoms with Crippen LogP contribution in [0.15, 0.2) is 231 Å². The average Bonchev–Trinajstić information content (AvgIpc) is 3.85. The fourth-order valence-electron chi connectivity index (χ4n) is 9.31. The molecule has 0 N–H and O–H groups in total. The summed E-state index contributed by atoms with van der Waals surface area (Å²) in [6.07, 6.45) is 3.61. The summed E-state index contributed by atoms with van der Waals surface area (Å²) < 4.78 is 4.70. The van der Waals surface area contributed by atoms with E-state index in [2.05, 4.69) is 237 Å². The molecule has 6 heteroatoms. The minimum absolute atomic E-state index is 0.828. The van der Waals surface area contributed by atoms with E-state index in [1.54, 1.807) is 12.4 Å². The van der Waals surface area contributed by atoms with Gasteiger partial charge in [-0.2, -0.15) is 0 Å². The molecule has 0 saturated heterocycles. The van der Waals surface area contributed by atoms with Gasteiger partial charge in [-0.05, 0) is 109 Å². The normalized spacial score (nSPS) is 11.5. The van der Waals surface area contributed by atoms with Crippen LogP contribution in [-0.4, -0.2) is 19.1 Å². The first-order valence-electron chi connectivity index (χ1n) is 20.9. The molecule has 3 aromatic heterocycles. The van der Waals surface area contributed by atoms with Crippen LogP contribution < -0.4 is 9.80 Å². The van der Waals surface area contributed by atoms with Gasteiger partial charge >= 0.3 is 0 Å². The van der Waals surface area contributed by atoms with Gasteiger partial charge in [-0.1, -0.05) is 109 Å². The lowest BCUT2D eigenvalue weighted by molar-refractivity contribution is 1.14. The highest BCUT2D eigenvalue weighted by Crippen LogP contribution is 2.43. The maximum Gasteiger partial charge on any atom is 0.115 e. The third-order valence-electron chi connectivity index (χ3n) is 12.0. The number of hydrogen-bond donors (Lipinski definition) is 0. The molecule has 0 saturated carbocycles. The second kappa shape index (κ2) is 14.7. The van der Waals surface area contributed by atoms with E-state index in [0.29, 0.717) is 0 Å². The monoisotopic (exact) mass is 794 g/mol. The first-order valence-corrected chi connectivity index (χ1v) is 20.9. The highest BCUT2D eigenvalue weighted by Gasteiger charge is 2.22. The van der Waals surface area contributed by atoms with Crippen molar-refractivity contribution < 1.29 is 0 Å². The number of aromatic nitrogens is 4. The van der Waals surface area contributed by atoms with Gasteiger partial charge in [0.05, 0.1) is 33.4 Å². The quantitative estimate of drug-likeness (QED) is 0.154. The summed E-state index contributed by atoms with van der Waals surface area (Å²) >= 11 is 0. The minimum Gasteiger partial charge on any atom is -0.310 e. The van der Waals surface area contributed by atoms with Gasteiger partial charge in [0.15, 0.2) is 0 Å². The molecule has 12 aromatic rings. The van der Waals surface area contributed by atoms with E-state index in [-0.39, 0.29) is 0 Å². The smallest absolute Gasteiger partial charge is 0.115 e. The Morgan fingerprint density at radius 1 is 0.274 bits per heavy atom. The molecular formula is C56H38N6. The number of rotatable bonds is 8. The number of nitrogens with zero attached hydrogens (tertiary/aromatic N) is 6. The summed E-state index contributed by atoms with van der Waals surface area (Å²) in [5, 5.41) is 4.67. The van der Waals surface area contributed by atoms with Crippen LogP contribution in [0.2, 0.25) is 0 Å². The molecule has 62 heavy (non-hydrogen) atoms.